The van der Waals surface area contributed by atoms with Gasteiger partial charge in [0, 0.05) is 27.8 Å². The number of fused-ring (bicyclic) bond motifs is 2. The number of ketones is 2. The van der Waals surface area contributed by atoms with Crippen molar-refractivity contribution in [3.63, 3.8) is 0 Å². The number of aldehydes is 1. The summed E-state index contributed by atoms with van der Waals surface area (Å²) in [4.78, 5) is 39.1. The molecule has 5 rings (SSSR count). The average molecular weight is 414 g/mol. The first-order valence-electron chi connectivity index (χ1n) is 10.3. The zero-order chi connectivity index (χ0) is 22.1. The van der Waals surface area contributed by atoms with Gasteiger partial charge in [-0.25, -0.2) is 0 Å². The van der Waals surface area contributed by atoms with Gasteiger partial charge in [-0.05, 0) is 27.6 Å². The van der Waals surface area contributed by atoms with Gasteiger partial charge < -0.3 is 0 Å². The molecule has 32 heavy (non-hydrogen) atoms. The Bertz CT molecular complexity index is 1520. The molecule has 0 fully saturated rings. The van der Waals surface area contributed by atoms with E-state index in [1.165, 1.54) is 0 Å². The molecule has 152 valence electrons. The van der Waals surface area contributed by atoms with Crippen LogP contribution in [0.3, 0.4) is 0 Å². The van der Waals surface area contributed by atoms with E-state index in [0.29, 0.717) is 17.4 Å². The lowest BCUT2D eigenvalue weighted by atomic mass is 9.88. The Labute approximate surface area is 184 Å². The van der Waals surface area contributed by atoms with Gasteiger partial charge in [0.05, 0.1) is 0 Å². The van der Waals surface area contributed by atoms with Crippen molar-refractivity contribution in [3.05, 3.63) is 131 Å². The average Bonchev–Trinajstić information content (AvgIpc) is 2.86. The normalized spacial score (nSPS) is 10.9. The second-order valence-electron chi connectivity index (χ2n) is 7.63. The highest BCUT2D eigenvalue weighted by Crippen LogP contribution is 2.27. The van der Waals surface area contributed by atoms with Crippen molar-refractivity contribution in [1.82, 2.24) is 0 Å². The van der Waals surface area contributed by atoms with Gasteiger partial charge in [0.25, 0.3) is 0 Å². The minimum Gasteiger partial charge on any atom is -0.298 e. The Morgan fingerprint density at radius 1 is 0.562 bits per heavy atom. The van der Waals surface area contributed by atoms with Crippen LogP contribution >= 0.6 is 0 Å². The van der Waals surface area contributed by atoms with Crippen molar-refractivity contribution < 1.29 is 14.4 Å². The Morgan fingerprint density at radius 3 is 2.03 bits per heavy atom. The molecule has 0 saturated heterocycles. The standard InChI is InChI=1S/C29H18O3/c30-18-23-11-6-14-26(28(31)22-16-15-19-7-1-2-9-21(19)17-22)27(23)29(32)25-13-5-10-20-8-3-4-12-24(20)25/h1-18H. The summed E-state index contributed by atoms with van der Waals surface area (Å²) in [5, 5.41) is 3.67. The molecule has 3 heteroatoms. The quantitative estimate of drug-likeness (QED) is 0.252. The summed E-state index contributed by atoms with van der Waals surface area (Å²) in [6, 6.07) is 31.1. The highest BCUT2D eigenvalue weighted by atomic mass is 16.1. The van der Waals surface area contributed by atoms with E-state index in [9.17, 15) is 14.4 Å². The number of hydrogen-bond acceptors (Lipinski definition) is 3. The van der Waals surface area contributed by atoms with Crippen LogP contribution in [0, 0.1) is 0 Å². The summed E-state index contributed by atoms with van der Waals surface area (Å²) in [5.74, 6) is -0.628. The lowest BCUT2D eigenvalue weighted by Crippen LogP contribution is -2.14. The zero-order valence-corrected chi connectivity index (χ0v) is 17.1. The Kier molecular flexibility index (Phi) is 4.92. The van der Waals surface area contributed by atoms with Crippen LogP contribution in [0.1, 0.15) is 42.2 Å². The molecule has 0 radical (unpaired) electrons. The number of carbonyl (C=O) groups excluding carboxylic acids is 3. The number of hydrogen-bond donors (Lipinski definition) is 0. The van der Waals surface area contributed by atoms with Crippen LogP contribution in [0.15, 0.2) is 103 Å². The summed E-state index contributed by atoms with van der Waals surface area (Å²) < 4.78 is 0. The molecule has 0 saturated carbocycles. The van der Waals surface area contributed by atoms with Gasteiger partial charge >= 0.3 is 0 Å². The van der Waals surface area contributed by atoms with E-state index in [0.717, 1.165) is 21.5 Å². The van der Waals surface area contributed by atoms with E-state index in [4.69, 9.17) is 0 Å². The van der Waals surface area contributed by atoms with Gasteiger partial charge in [-0.15, -0.1) is 0 Å². The molecule has 0 heterocycles. The Morgan fingerprint density at radius 2 is 1.22 bits per heavy atom. The third kappa shape index (κ3) is 3.30. The van der Waals surface area contributed by atoms with E-state index in [1.807, 2.05) is 72.8 Å². The number of rotatable bonds is 5. The van der Waals surface area contributed by atoms with Gasteiger partial charge in [-0.3, -0.25) is 14.4 Å². The Hall–Kier alpha value is -4.37. The zero-order valence-electron chi connectivity index (χ0n) is 17.1. The highest BCUT2D eigenvalue weighted by Gasteiger charge is 2.24. The molecule has 0 bridgehead atoms. The van der Waals surface area contributed by atoms with Gasteiger partial charge in [-0.2, -0.15) is 0 Å². The number of benzene rings is 5. The Balaban J connectivity index is 1.68. The largest absolute Gasteiger partial charge is 0.298 e. The molecule has 5 aromatic carbocycles. The van der Waals surface area contributed by atoms with E-state index in [-0.39, 0.29) is 28.3 Å². The highest BCUT2D eigenvalue weighted by molar-refractivity contribution is 6.25. The molecule has 5 aromatic rings. The molecule has 3 nitrogen and oxygen atoms in total. The molecule has 0 aliphatic rings. The van der Waals surface area contributed by atoms with Crippen molar-refractivity contribution in [1.29, 1.82) is 0 Å². The van der Waals surface area contributed by atoms with Crippen LogP contribution < -0.4 is 0 Å². The first-order valence-corrected chi connectivity index (χ1v) is 10.3. The van der Waals surface area contributed by atoms with Crippen molar-refractivity contribution in [3.8, 4) is 0 Å². The van der Waals surface area contributed by atoms with Crippen LogP contribution in [0.4, 0.5) is 0 Å². The molecule has 0 spiro atoms. The van der Waals surface area contributed by atoms with Gasteiger partial charge in [0.1, 0.15) is 0 Å². The van der Waals surface area contributed by atoms with Crippen LogP contribution in [-0.4, -0.2) is 17.9 Å². The monoisotopic (exact) mass is 414 g/mol. The second kappa shape index (κ2) is 8.05. The van der Waals surface area contributed by atoms with Crippen LogP contribution in [-0.2, 0) is 0 Å². The van der Waals surface area contributed by atoms with Gasteiger partial charge in [0.15, 0.2) is 17.9 Å². The van der Waals surface area contributed by atoms with Crippen LogP contribution in [0.25, 0.3) is 21.5 Å². The van der Waals surface area contributed by atoms with Crippen molar-refractivity contribution in [2.24, 2.45) is 0 Å². The molecule has 0 amide bonds. The molecule has 0 aromatic heterocycles. The predicted molar refractivity (Wildman–Crippen MR) is 127 cm³/mol. The fourth-order valence-electron chi connectivity index (χ4n) is 4.16. The van der Waals surface area contributed by atoms with Crippen molar-refractivity contribution in [2.75, 3.05) is 0 Å². The molecule has 0 aliphatic carbocycles. The van der Waals surface area contributed by atoms with E-state index in [1.54, 1.807) is 30.3 Å². The molecule has 0 aliphatic heterocycles. The molecular weight excluding hydrogens is 396 g/mol. The summed E-state index contributed by atoms with van der Waals surface area (Å²) in [5.41, 5.74) is 1.50. The topological polar surface area (TPSA) is 51.2 Å². The molecular formula is C29H18O3. The van der Waals surface area contributed by atoms with E-state index in [2.05, 4.69) is 0 Å². The third-order valence-corrected chi connectivity index (χ3v) is 5.74. The predicted octanol–water partition coefficient (Wildman–Crippen LogP) is 6.27. The lowest BCUT2D eigenvalue weighted by molar-refractivity contribution is 0.100. The van der Waals surface area contributed by atoms with E-state index >= 15 is 0 Å². The van der Waals surface area contributed by atoms with Gasteiger partial charge in [0.2, 0.25) is 0 Å². The van der Waals surface area contributed by atoms with Gasteiger partial charge in [-0.1, -0.05) is 97.1 Å². The lowest BCUT2D eigenvalue weighted by Gasteiger charge is -2.13. The minimum absolute atomic E-state index is 0.136. The van der Waals surface area contributed by atoms with Crippen LogP contribution in [0.5, 0.6) is 0 Å². The van der Waals surface area contributed by atoms with Crippen molar-refractivity contribution >= 4 is 39.4 Å². The first kappa shape index (κ1) is 19.6. The number of carbonyl (C=O) groups is 3. The summed E-state index contributed by atoms with van der Waals surface area (Å²) in [7, 11) is 0. The minimum atomic E-state index is -0.339. The summed E-state index contributed by atoms with van der Waals surface area (Å²) >= 11 is 0. The maximum absolute atomic E-state index is 13.7. The first-order chi connectivity index (χ1) is 15.7. The van der Waals surface area contributed by atoms with Crippen LogP contribution in [0.2, 0.25) is 0 Å². The maximum atomic E-state index is 13.7. The maximum Gasteiger partial charge on any atom is 0.195 e. The molecule has 0 atom stereocenters. The van der Waals surface area contributed by atoms with Crippen molar-refractivity contribution in [2.45, 2.75) is 0 Å². The molecule has 0 unspecified atom stereocenters. The smallest absolute Gasteiger partial charge is 0.195 e. The SMILES string of the molecule is O=Cc1cccc(C(=O)c2ccc3ccccc3c2)c1C(=O)c1cccc2ccccc12. The third-order valence-electron chi connectivity index (χ3n) is 5.74. The fourth-order valence-corrected chi connectivity index (χ4v) is 4.16. The fraction of sp³-hybridized carbons (Fsp3) is 0. The summed E-state index contributed by atoms with van der Waals surface area (Å²) in [6.45, 7) is 0. The van der Waals surface area contributed by atoms with E-state index < -0.39 is 0 Å². The summed E-state index contributed by atoms with van der Waals surface area (Å²) in [6.07, 6.45) is 0.634. The molecule has 0 N–H and O–H groups in total. The second-order valence-corrected chi connectivity index (χ2v) is 7.63.